The summed E-state index contributed by atoms with van der Waals surface area (Å²) in [4.78, 5) is 0. The van der Waals surface area contributed by atoms with E-state index in [1.807, 2.05) is 6.92 Å². The highest BCUT2D eigenvalue weighted by atomic mass is 28.4. The Balaban J connectivity index is 3.06. The minimum absolute atomic E-state index is 0.146. The summed E-state index contributed by atoms with van der Waals surface area (Å²) in [5.74, 6) is 1.46. The van der Waals surface area contributed by atoms with Gasteiger partial charge >= 0.3 is 0 Å². The van der Waals surface area contributed by atoms with Crippen LogP contribution in [-0.4, -0.2) is 21.0 Å². The van der Waals surface area contributed by atoms with Crippen LogP contribution in [0.5, 0.6) is 0 Å². The third-order valence-electron chi connectivity index (χ3n) is 4.90. The van der Waals surface area contributed by atoms with Crippen LogP contribution in [0.2, 0.25) is 16.6 Å². The lowest BCUT2D eigenvalue weighted by atomic mass is 10.00. The first-order valence-corrected chi connectivity index (χ1v) is 10.5. The van der Waals surface area contributed by atoms with Gasteiger partial charge in [0, 0.05) is 5.92 Å². The van der Waals surface area contributed by atoms with Gasteiger partial charge in [0.2, 0.25) is 0 Å². The Morgan fingerprint density at radius 2 is 1.67 bits per heavy atom. The summed E-state index contributed by atoms with van der Waals surface area (Å²) >= 11 is 0. The number of hydrogen-bond acceptors (Lipinski definition) is 2. The largest absolute Gasteiger partial charge is 0.546 e. The molecule has 2 nitrogen and oxygen atoms in total. The highest BCUT2D eigenvalue weighted by Crippen LogP contribution is 2.45. The molecule has 0 aromatic carbocycles. The number of hydrogen-bond donors (Lipinski definition) is 0. The lowest BCUT2D eigenvalue weighted by molar-refractivity contribution is 0.0489. The summed E-state index contributed by atoms with van der Waals surface area (Å²) in [6, 6.07) is 0. The van der Waals surface area contributed by atoms with Crippen molar-refractivity contribution in [3.63, 3.8) is 0 Å². The lowest BCUT2D eigenvalue weighted by Gasteiger charge is -2.45. The van der Waals surface area contributed by atoms with Crippen LogP contribution in [0.15, 0.2) is 24.0 Å². The van der Waals surface area contributed by atoms with E-state index >= 15 is 0 Å². The van der Waals surface area contributed by atoms with E-state index in [4.69, 9.17) is 9.16 Å². The van der Waals surface area contributed by atoms with Gasteiger partial charge < -0.3 is 9.16 Å². The smallest absolute Gasteiger partial charge is 0.258 e. The summed E-state index contributed by atoms with van der Waals surface area (Å²) < 4.78 is 12.7. The quantitative estimate of drug-likeness (QED) is 0.464. The van der Waals surface area contributed by atoms with Gasteiger partial charge in [-0.25, -0.2) is 0 Å². The Labute approximate surface area is 132 Å². The lowest BCUT2D eigenvalue weighted by Crippen LogP contribution is -2.49. The first-order chi connectivity index (χ1) is 9.77. The Bertz CT molecular complexity index is 361. The molecule has 3 heteroatoms. The molecule has 0 spiro atoms. The minimum Gasteiger partial charge on any atom is -0.546 e. The van der Waals surface area contributed by atoms with Gasteiger partial charge in [-0.3, -0.25) is 0 Å². The summed E-state index contributed by atoms with van der Waals surface area (Å²) in [6.45, 7) is 18.9. The Morgan fingerprint density at radius 3 is 2.10 bits per heavy atom. The zero-order chi connectivity index (χ0) is 16.2. The Morgan fingerprint density at radius 1 is 1.14 bits per heavy atom. The Kier molecular flexibility index (Phi) is 6.73. The average molecular weight is 311 g/mol. The molecule has 0 aliphatic carbocycles. The van der Waals surface area contributed by atoms with Crippen molar-refractivity contribution in [1.29, 1.82) is 0 Å². The van der Waals surface area contributed by atoms with E-state index < -0.39 is 8.32 Å². The molecular weight excluding hydrogens is 276 g/mol. The fourth-order valence-corrected chi connectivity index (χ4v) is 9.22. The van der Waals surface area contributed by atoms with Crippen LogP contribution in [0.3, 0.4) is 0 Å². The van der Waals surface area contributed by atoms with E-state index in [1.165, 1.54) is 0 Å². The molecule has 1 rings (SSSR count). The second kappa shape index (κ2) is 7.64. The second-order valence-electron chi connectivity index (χ2n) is 7.14. The predicted molar refractivity (Wildman–Crippen MR) is 93.9 cm³/mol. The van der Waals surface area contributed by atoms with E-state index in [9.17, 15) is 0 Å². The van der Waals surface area contributed by atoms with Crippen LogP contribution in [0.25, 0.3) is 0 Å². The minimum atomic E-state index is -1.86. The molecule has 122 valence electrons. The topological polar surface area (TPSA) is 18.5 Å². The van der Waals surface area contributed by atoms with Crippen molar-refractivity contribution < 1.29 is 9.16 Å². The molecule has 0 aromatic heterocycles. The molecule has 0 amide bonds. The fourth-order valence-electron chi connectivity index (χ4n) is 3.84. The van der Waals surface area contributed by atoms with Gasteiger partial charge in [0.05, 0.1) is 18.5 Å². The molecule has 0 bridgehead atoms. The molecule has 1 aliphatic rings. The molecule has 21 heavy (non-hydrogen) atoms. The van der Waals surface area contributed by atoms with E-state index in [1.54, 1.807) is 0 Å². The first-order valence-electron chi connectivity index (χ1n) is 8.40. The molecule has 0 saturated heterocycles. The van der Waals surface area contributed by atoms with Gasteiger partial charge in [0.1, 0.15) is 0 Å². The summed E-state index contributed by atoms with van der Waals surface area (Å²) in [6.07, 6.45) is 6.51. The maximum Gasteiger partial charge on any atom is 0.258 e. The van der Waals surface area contributed by atoms with Gasteiger partial charge in [-0.15, -0.1) is 0 Å². The van der Waals surface area contributed by atoms with Gasteiger partial charge in [0.15, 0.2) is 0 Å². The van der Waals surface area contributed by atoms with E-state index in [0.717, 1.165) is 5.76 Å². The molecule has 0 aromatic rings. The molecule has 0 N–H and O–H groups in total. The average Bonchev–Trinajstić information content (AvgIpc) is 2.38. The molecule has 1 heterocycles. The first kappa shape index (κ1) is 18.5. The number of allylic oxidation sites excluding steroid dienone is 1. The SMILES string of the molecule is C/C=C/[C@@H]1OCC=C(O[Si](C(C)C)(C(C)C)C(C)C)[C@H]1C. The van der Waals surface area contributed by atoms with Gasteiger partial charge in [-0.2, -0.15) is 0 Å². The van der Waals surface area contributed by atoms with Crippen molar-refractivity contribution in [2.45, 2.75) is 78.1 Å². The zero-order valence-corrected chi connectivity index (χ0v) is 16.1. The van der Waals surface area contributed by atoms with Crippen LogP contribution in [0.1, 0.15) is 55.4 Å². The summed E-state index contributed by atoms with van der Waals surface area (Å²) in [5.41, 5.74) is 1.82. The standard InChI is InChI=1S/C18H34O2Si/c1-9-10-17-16(8)18(11-12-19-17)20-21(13(2)3,14(4)5)15(6)7/h9-11,13-17H,12H2,1-8H3/b10-9+/t16-,17-/m0/s1. The summed E-state index contributed by atoms with van der Waals surface area (Å²) in [7, 11) is -1.86. The predicted octanol–water partition coefficient (Wildman–Crippen LogP) is 5.67. The normalized spacial score (nSPS) is 24.2. The fraction of sp³-hybridized carbons (Fsp3) is 0.778. The molecular formula is C18H34O2Si. The molecule has 0 fully saturated rings. The zero-order valence-electron chi connectivity index (χ0n) is 15.1. The van der Waals surface area contributed by atoms with Crippen molar-refractivity contribution in [1.82, 2.24) is 0 Å². The number of rotatable bonds is 6. The van der Waals surface area contributed by atoms with Crippen molar-refractivity contribution in [2.75, 3.05) is 6.61 Å². The monoisotopic (exact) mass is 310 g/mol. The van der Waals surface area contributed by atoms with Crippen molar-refractivity contribution in [3.05, 3.63) is 24.0 Å². The van der Waals surface area contributed by atoms with Crippen molar-refractivity contribution in [2.24, 2.45) is 5.92 Å². The van der Waals surface area contributed by atoms with E-state index in [2.05, 4.69) is 66.7 Å². The molecule has 0 radical (unpaired) electrons. The summed E-state index contributed by atoms with van der Waals surface area (Å²) in [5, 5.41) is 0. The van der Waals surface area contributed by atoms with Crippen LogP contribution in [-0.2, 0) is 9.16 Å². The van der Waals surface area contributed by atoms with Crippen LogP contribution in [0.4, 0.5) is 0 Å². The van der Waals surface area contributed by atoms with Crippen molar-refractivity contribution in [3.8, 4) is 0 Å². The van der Waals surface area contributed by atoms with Crippen LogP contribution in [0, 0.1) is 5.92 Å². The molecule has 1 aliphatic heterocycles. The highest BCUT2D eigenvalue weighted by Gasteiger charge is 2.48. The van der Waals surface area contributed by atoms with Gasteiger partial charge in [-0.05, 0) is 29.6 Å². The number of ether oxygens (including phenoxy) is 1. The van der Waals surface area contributed by atoms with Gasteiger partial charge in [0.25, 0.3) is 8.32 Å². The molecule has 2 atom stereocenters. The third kappa shape index (κ3) is 3.81. The van der Waals surface area contributed by atoms with E-state index in [-0.39, 0.29) is 6.10 Å². The van der Waals surface area contributed by atoms with E-state index in [0.29, 0.717) is 29.1 Å². The Hall–Kier alpha value is -0.543. The molecule has 0 unspecified atom stereocenters. The van der Waals surface area contributed by atoms with Gasteiger partial charge in [-0.1, -0.05) is 60.6 Å². The van der Waals surface area contributed by atoms with Crippen LogP contribution >= 0.6 is 0 Å². The van der Waals surface area contributed by atoms with Crippen LogP contribution < -0.4 is 0 Å². The highest BCUT2D eigenvalue weighted by molar-refractivity contribution is 6.77. The van der Waals surface area contributed by atoms with Crippen molar-refractivity contribution >= 4 is 8.32 Å². The third-order valence-corrected chi connectivity index (χ3v) is 10.9. The maximum absolute atomic E-state index is 6.84. The maximum atomic E-state index is 6.84. The second-order valence-corrected chi connectivity index (χ2v) is 12.5. The molecule has 0 saturated carbocycles.